The maximum absolute atomic E-state index is 11.6. The van der Waals surface area contributed by atoms with E-state index in [0.29, 0.717) is 22.7 Å². The van der Waals surface area contributed by atoms with Crippen LogP contribution in [0.1, 0.15) is 12.0 Å². The van der Waals surface area contributed by atoms with Crippen molar-refractivity contribution in [2.75, 3.05) is 16.8 Å². The Kier molecular flexibility index (Phi) is 6.35. The molecular weight excluding hydrogens is 286 g/mol. The number of anilines is 1. The molecule has 4 N–H and O–H groups in total. The first-order valence-electron chi connectivity index (χ1n) is 5.38. The minimum absolute atomic E-state index is 0.203. The Balaban J connectivity index is 2.26. The third kappa shape index (κ3) is 5.30. The highest BCUT2D eigenvalue weighted by atomic mass is 32.2. The Bertz CT molecular complexity index is 496. The first-order chi connectivity index (χ1) is 9.04. The number of nitriles is 1. The Morgan fingerprint density at radius 1 is 1.63 bits per heavy atom. The van der Waals surface area contributed by atoms with E-state index in [1.807, 2.05) is 6.07 Å². The lowest BCUT2D eigenvalue weighted by Crippen LogP contribution is -2.30. The quantitative estimate of drug-likeness (QED) is 0.649. The van der Waals surface area contributed by atoms with Crippen molar-refractivity contribution < 1.29 is 14.7 Å². The van der Waals surface area contributed by atoms with Crippen LogP contribution < -0.4 is 11.1 Å². The number of nitrogens with one attached hydrogen (secondary N) is 1. The van der Waals surface area contributed by atoms with Crippen LogP contribution in [0.2, 0.25) is 0 Å². The molecule has 1 amide bonds. The lowest BCUT2D eigenvalue weighted by Gasteiger charge is -2.06. The van der Waals surface area contributed by atoms with E-state index in [2.05, 4.69) is 5.32 Å². The van der Waals surface area contributed by atoms with Crippen LogP contribution in [-0.4, -0.2) is 34.5 Å². The molecule has 0 saturated carbocycles. The summed E-state index contributed by atoms with van der Waals surface area (Å²) < 4.78 is 0. The Morgan fingerprint density at radius 3 is 3.00 bits per heavy atom. The molecule has 1 heterocycles. The Morgan fingerprint density at radius 2 is 2.37 bits per heavy atom. The van der Waals surface area contributed by atoms with Gasteiger partial charge in [-0.25, -0.2) is 0 Å². The van der Waals surface area contributed by atoms with Crippen LogP contribution in [0.3, 0.4) is 0 Å². The van der Waals surface area contributed by atoms with Gasteiger partial charge >= 0.3 is 5.97 Å². The smallest absolute Gasteiger partial charge is 0.320 e. The van der Waals surface area contributed by atoms with Crippen molar-refractivity contribution in [1.82, 2.24) is 0 Å². The Hall–Kier alpha value is -1.56. The number of rotatable bonds is 7. The van der Waals surface area contributed by atoms with Gasteiger partial charge in [0.25, 0.3) is 0 Å². The summed E-state index contributed by atoms with van der Waals surface area (Å²) in [5.74, 6) is -0.555. The van der Waals surface area contributed by atoms with Crippen LogP contribution in [0.5, 0.6) is 0 Å². The van der Waals surface area contributed by atoms with E-state index in [1.54, 1.807) is 11.4 Å². The molecule has 0 aliphatic heterocycles. The second kappa shape index (κ2) is 7.78. The van der Waals surface area contributed by atoms with Crippen LogP contribution in [0.15, 0.2) is 11.4 Å². The molecule has 0 aromatic carbocycles. The van der Waals surface area contributed by atoms with Crippen molar-refractivity contribution in [3.8, 4) is 6.07 Å². The molecule has 0 saturated heterocycles. The topological polar surface area (TPSA) is 116 Å². The van der Waals surface area contributed by atoms with E-state index in [4.69, 9.17) is 16.1 Å². The van der Waals surface area contributed by atoms with Crippen LogP contribution >= 0.6 is 23.1 Å². The highest BCUT2D eigenvalue weighted by molar-refractivity contribution is 7.99. The standard InChI is InChI=1S/C11H13N3O3S2/c12-5-7-1-4-19-10(7)14-9(15)6-18-3-2-8(13)11(16)17/h1,4,8H,2-3,6,13H2,(H,14,15)(H,16,17). The van der Waals surface area contributed by atoms with Gasteiger partial charge in [-0.3, -0.25) is 9.59 Å². The van der Waals surface area contributed by atoms with Crippen LogP contribution in [-0.2, 0) is 9.59 Å². The molecule has 0 radical (unpaired) electrons. The number of thioether (sulfide) groups is 1. The largest absolute Gasteiger partial charge is 0.480 e. The van der Waals surface area contributed by atoms with Crippen LogP contribution in [0.25, 0.3) is 0 Å². The van der Waals surface area contributed by atoms with Gasteiger partial charge in [0.05, 0.1) is 11.3 Å². The number of nitrogens with zero attached hydrogens (tertiary/aromatic N) is 1. The second-order valence-corrected chi connectivity index (χ2v) is 5.63. The summed E-state index contributed by atoms with van der Waals surface area (Å²) in [5.41, 5.74) is 5.77. The average molecular weight is 299 g/mol. The third-order valence-electron chi connectivity index (χ3n) is 2.16. The molecule has 1 unspecified atom stereocenters. The van der Waals surface area contributed by atoms with E-state index < -0.39 is 12.0 Å². The summed E-state index contributed by atoms with van der Waals surface area (Å²) in [6.07, 6.45) is 0.315. The molecule has 0 bridgehead atoms. The highest BCUT2D eigenvalue weighted by Crippen LogP contribution is 2.22. The van der Waals surface area contributed by atoms with Gasteiger partial charge in [0.15, 0.2) is 0 Å². The zero-order chi connectivity index (χ0) is 14.3. The number of hydrogen-bond donors (Lipinski definition) is 3. The molecule has 102 valence electrons. The lowest BCUT2D eigenvalue weighted by molar-refractivity contribution is -0.138. The maximum Gasteiger partial charge on any atom is 0.320 e. The van der Waals surface area contributed by atoms with Crippen LogP contribution in [0, 0.1) is 11.3 Å². The van der Waals surface area contributed by atoms with Gasteiger partial charge < -0.3 is 16.2 Å². The number of carbonyl (C=O) groups is 2. The van der Waals surface area contributed by atoms with Crippen molar-refractivity contribution in [2.24, 2.45) is 5.73 Å². The monoisotopic (exact) mass is 299 g/mol. The molecular formula is C11H13N3O3S2. The molecule has 0 spiro atoms. The average Bonchev–Trinajstić information content (AvgIpc) is 2.81. The van der Waals surface area contributed by atoms with Gasteiger partial charge in [0.2, 0.25) is 5.91 Å². The zero-order valence-electron chi connectivity index (χ0n) is 9.96. The highest BCUT2D eigenvalue weighted by Gasteiger charge is 2.12. The van der Waals surface area contributed by atoms with Crippen molar-refractivity contribution in [1.29, 1.82) is 5.26 Å². The fourth-order valence-electron chi connectivity index (χ4n) is 1.16. The summed E-state index contributed by atoms with van der Waals surface area (Å²) in [6.45, 7) is 0. The fraction of sp³-hybridized carbons (Fsp3) is 0.364. The van der Waals surface area contributed by atoms with E-state index in [9.17, 15) is 9.59 Å². The molecule has 0 aliphatic rings. The number of carboxylic acid groups (broad SMARTS) is 1. The fourth-order valence-corrected chi connectivity index (χ4v) is 2.73. The van der Waals surface area contributed by atoms with Crippen molar-refractivity contribution in [2.45, 2.75) is 12.5 Å². The van der Waals surface area contributed by atoms with Gasteiger partial charge in [0.1, 0.15) is 17.1 Å². The molecule has 0 aliphatic carbocycles. The van der Waals surface area contributed by atoms with Crippen molar-refractivity contribution >= 4 is 40.0 Å². The van der Waals surface area contributed by atoms with Gasteiger partial charge in [0, 0.05) is 0 Å². The number of hydrogen-bond acceptors (Lipinski definition) is 6. The zero-order valence-corrected chi connectivity index (χ0v) is 11.6. The summed E-state index contributed by atoms with van der Waals surface area (Å²) >= 11 is 2.60. The number of carbonyl (C=O) groups excluding carboxylic acids is 1. The Labute approximate surface area is 118 Å². The maximum atomic E-state index is 11.6. The van der Waals surface area contributed by atoms with E-state index in [0.717, 1.165) is 0 Å². The lowest BCUT2D eigenvalue weighted by atomic mass is 10.2. The number of aliphatic carboxylic acids is 1. The molecule has 1 aromatic heterocycles. The predicted octanol–water partition coefficient (Wildman–Crippen LogP) is 1.09. The molecule has 8 heteroatoms. The van der Waals surface area contributed by atoms with Gasteiger partial charge in [-0.2, -0.15) is 17.0 Å². The SMILES string of the molecule is N#Cc1ccsc1NC(=O)CSCCC(N)C(=O)O. The minimum atomic E-state index is -1.04. The number of amides is 1. The van der Waals surface area contributed by atoms with E-state index in [1.165, 1.54) is 23.1 Å². The van der Waals surface area contributed by atoms with E-state index >= 15 is 0 Å². The van der Waals surface area contributed by atoms with Gasteiger partial charge in [-0.05, 0) is 23.6 Å². The number of thiophene rings is 1. The molecule has 6 nitrogen and oxygen atoms in total. The van der Waals surface area contributed by atoms with Crippen molar-refractivity contribution in [3.63, 3.8) is 0 Å². The third-order valence-corrected chi connectivity index (χ3v) is 3.98. The summed E-state index contributed by atoms with van der Waals surface area (Å²) in [4.78, 5) is 22.0. The summed E-state index contributed by atoms with van der Waals surface area (Å²) in [5, 5.41) is 22.3. The summed E-state index contributed by atoms with van der Waals surface area (Å²) in [7, 11) is 0. The molecule has 19 heavy (non-hydrogen) atoms. The number of carboxylic acids is 1. The van der Waals surface area contributed by atoms with Crippen LogP contribution in [0.4, 0.5) is 5.00 Å². The molecule has 0 fully saturated rings. The van der Waals surface area contributed by atoms with E-state index in [-0.39, 0.29) is 11.7 Å². The second-order valence-electron chi connectivity index (χ2n) is 3.61. The first kappa shape index (κ1) is 15.5. The molecule has 1 rings (SSSR count). The predicted molar refractivity (Wildman–Crippen MR) is 75.2 cm³/mol. The normalized spacial score (nSPS) is 11.6. The number of nitrogens with two attached hydrogens (primary N) is 1. The first-order valence-corrected chi connectivity index (χ1v) is 7.41. The summed E-state index contributed by atoms with van der Waals surface area (Å²) in [6, 6.07) is 2.73. The van der Waals surface area contributed by atoms with Gasteiger partial charge in [-0.15, -0.1) is 11.3 Å². The minimum Gasteiger partial charge on any atom is -0.480 e. The molecule has 1 aromatic rings. The van der Waals surface area contributed by atoms with Gasteiger partial charge in [-0.1, -0.05) is 0 Å². The van der Waals surface area contributed by atoms with Crippen molar-refractivity contribution in [3.05, 3.63) is 17.0 Å². The molecule has 1 atom stereocenters.